The largest absolute Gasteiger partial charge is 0.492 e. The van der Waals surface area contributed by atoms with Gasteiger partial charge in [0.1, 0.15) is 11.7 Å². The van der Waals surface area contributed by atoms with Gasteiger partial charge in [0.05, 0.1) is 41.2 Å². The van der Waals surface area contributed by atoms with Crippen LogP contribution in [0.2, 0.25) is 10.0 Å². The number of benzene rings is 2. The Morgan fingerprint density at radius 3 is 2.61 bits per heavy atom. The lowest BCUT2D eigenvalue weighted by Gasteiger charge is -2.31. The lowest BCUT2D eigenvalue weighted by molar-refractivity contribution is -0.150. The lowest BCUT2D eigenvalue weighted by atomic mass is 9.78. The summed E-state index contributed by atoms with van der Waals surface area (Å²) in [4.78, 5) is 38.1. The minimum absolute atomic E-state index is 0.105. The molecule has 1 aliphatic rings. The molecule has 0 saturated heterocycles. The van der Waals surface area contributed by atoms with E-state index >= 15 is 0 Å². The maximum atomic E-state index is 13.0. The van der Waals surface area contributed by atoms with Crippen LogP contribution in [0.1, 0.15) is 24.0 Å². The zero-order valence-corrected chi connectivity index (χ0v) is 22.0. The predicted octanol–water partition coefficient (Wildman–Crippen LogP) is 4.81. The number of nitrogens with zero attached hydrogens (tertiary/aromatic N) is 1. The standard InChI is InChI=1S/C25H23Cl2N3O5S/c1-4-35-19-9-8-14(10-17(19)27)21-15(11-28)24(30-23(32)22(21)25(33)34-3)36-12-20(31)29-18-7-5-6-16(26)13(18)2/h5-10,21-22H,4,12H2,1-3H3,(H,29,31)(H,30,32)/t21-,22+/m1/s1. The van der Waals surface area contributed by atoms with Gasteiger partial charge in [0.25, 0.3) is 0 Å². The number of rotatable bonds is 8. The Balaban J connectivity index is 1.93. The molecule has 0 bridgehead atoms. The van der Waals surface area contributed by atoms with Crippen molar-refractivity contribution in [1.82, 2.24) is 5.32 Å². The van der Waals surface area contributed by atoms with Crippen LogP contribution in [0.5, 0.6) is 5.75 Å². The molecule has 2 aromatic rings. The minimum atomic E-state index is -1.31. The molecule has 0 saturated carbocycles. The van der Waals surface area contributed by atoms with E-state index in [2.05, 4.69) is 16.7 Å². The van der Waals surface area contributed by atoms with Gasteiger partial charge in [0.15, 0.2) is 0 Å². The molecule has 1 aliphatic heterocycles. The molecule has 188 valence electrons. The third-order valence-electron chi connectivity index (χ3n) is 5.49. The average Bonchev–Trinajstić information content (AvgIpc) is 2.86. The molecule has 1 heterocycles. The molecule has 0 radical (unpaired) electrons. The molecule has 8 nitrogen and oxygen atoms in total. The highest BCUT2D eigenvalue weighted by Gasteiger charge is 2.44. The second-order valence-corrected chi connectivity index (χ2v) is 9.49. The number of thioether (sulfide) groups is 1. The van der Waals surface area contributed by atoms with Gasteiger partial charge < -0.3 is 20.1 Å². The van der Waals surface area contributed by atoms with E-state index < -0.39 is 23.7 Å². The summed E-state index contributed by atoms with van der Waals surface area (Å²) < 4.78 is 10.3. The van der Waals surface area contributed by atoms with E-state index in [0.717, 1.165) is 11.8 Å². The van der Waals surface area contributed by atoms with Crippen LogP contribution in [-0.4, -0.2) is 37.3 Å². The lowest BCUT2D eigenvalue weighted by Crippen LogP contribution is -2.44. The van der Waals surface area contributed by atoms with Crippen LogP contribution in [0.25, 0.3) is 0 Å². The van der Waals surface area contributed by atoms with Gasteiger partial charge >= 0.3 is 5.97 Å². The molecule has 2 aromatic carbocycles. The summed E-state index contributed by atoms with van der Waals surface area (Å²) in [6, 6.07) is 12.1. The molecule has 0 unspecified atom stereocenters. The van der Waals surface area contributed by atoms with E-state index in [1.54, 1.807) is 43.3 Å². The van der Waals surface area contributed by atoms with E-state index in [0.29, 0.717) is 34.2 Å². The van der Waals surface area contributed by atoms with E-state index in [-0.39, 0.29) is 27.3 Å². The van der Waals surface area contributed by atoms with E-state index in [1.165, 1.54) is 7.11 Å². The Kier molecular flexibility index (Phi) is 9.26. The number of allylic oxidation sites excluding steroid dienone is 1. The van der Waals surface area contributed by atoms with Gasteiger partial charge in [-0.15, -0.1) is 0 Å². The Labute approximate surface area is 222 Å². The molecule has 36 heavy (non-hydrogen) atoms. The van der Waals surface area contributed by atoms with Crippen LogP contribution in [-0.2, 0) is 19.1 Å². The van der Waals surface area contributed by atoms with Crippen LogP contribution >= 0.6 is 35.0 Å². The Hall–Kier alpha value is -3.19. The van der Waals surface area contributed by atoms with Gasteiger partial charge in [0.2, 0.25) is 11.8 Å². The van der Waals surface area contributed by atoms with Crippen LogP contribution in [0.3, 0.4) is 0 Å². The minimum Gasteiger partial charge on any atom is -0.492 e. The smallest absolute Gasteiger partial charge is 0.319 e. The first-order valence-electron chi connectivity index (χ1n) is 10.8. The Morgan fingerprint density at radius 2 is 1.97 bits per heavy atom. The molecular formula is C25H23Cl2N3O5S. The van der Waals surface area contributed by atoms with Crippen molar-refractivity contribution in [3.05, 3.63) is 68.2 Å². The molecule has 0 fully saturated rings. The number of amides is 2. The molecule has 0 aromatic heterocycles. The zero-order valence-electron chi connectivity index (χ0n) is 19.7. The van der Waals surface area contributed by atoms with Crippen molar-refractivity contribution >= 4 is 58.4 Å². The first kappa shape index (κ1) is 27.4. The number of nitriles is 1. The van der Waals surface area contributed by atoms with Gasteiger partial charge in [-0.25, -0.2) is 0 Å². The molecule has 3 rings (SSSR count). The fourth-order valence-corrected chi connectivity index (χ4v) is 5.00. The molecule has 2 amide bonds. The number of anilines is 1. The topological polar surface area (TPSA) is 118 Å². The van der Waals surface area contributed by atoms with Gasteiger partial charge in [-0.3, -0.25) is 14.4 Å². The monoisotopic (exact) mass is 547 g/mol. The van der Waals surface area contributed by atoms with Crippen molar-refractivity contribution in [2.45, 2.75) is 19.8 Å². The Morgan fingerprint density at radius 1 is 1.22 bits per heavy atom. The van der Waals surface area contributed by atoms with E-state index in [4.69, 9.17) is 32.7 Å². The fraction of sp³-hybridized carbons (Fsp3) is 0.280. The highest BCUT2D eigenvalue weighted by Crippen LogP contribution is 2.42. The van der Waals surface area contributed by atoms with Gasteiger partial charge in [-0.1, -0.05) is 47.1 Å². The summed E-state index contributed by atoms with van der Waals surface area (Å²) >= 11 is 13.4. The van der Waals surface area contributed by atoms with Crippen molar-refractivity contribution in [2.24, 2.45) is 5.92 Å². The number of hydrogen-bond donors (Lipinski definition) is 2. The molecule has 0 spiro atoms. The van der Waals surface area contributed by atoms with Crippen molar-refractivity contribution in [1.29, 1.82) is 5.26 Å². The number of nitrogens with one attached hydrogen (secondary N) is 2. The summed E-state index contributed by atoms with van der Waals surface area (Å²) in [5.41, 5.74) is 1.85. The maximum absolute atomic E-state index is 13.0. The van der Waals surface area contributed by atoms with Gasteiger partial charge in [-0.05, 0) is 49.2 Å². The second-order valence-electron chi connectivity index (χ2n) is 7.69. The van der Waals surface area contributed by atoms with Crippen LogP contribution in [0, 0.1) is 24.2 Å². The van der Waals surface area contributed by atoms with E-state index in [9.17, 15) is 19.6 Å². The normalized spacial score (nSPS) is 17.2. The third-order valence-corrected chi connectivity index (χ3v) is 7.21. The van der Waals surface area contributed by atoms with Crippen LogP contribution in [0.15, 0.2) is 47.0 Å². The molecule has 2 atom stereocenters. The van der Waals surface area contributed by atoms with E-state index in [1.807, 2.05) is 6.92 Å². The van der Waals surface area contributed by atoms with Gasteiger partial charge in [-0.2, -0.15) is 5.26 Å². The first-order valence-corrected chi connectivity index (χ1v) is 12.6. The predicted molar refractivity (Wildman–Crippen MR) is 139 cm³/mol. The summed E-state index contributed by atoms with van der Waals surface area (Å²) in [5.74, 6) is -3.76. The maximum Gasteiger partial charge on any atom is 0.319 e. The number of esters is 1. The number of carbonyl (C=O) groups excluding carboxylic acids is 3. The second kappa shape index (κ2) is 12.2. The van der Waals surface area contributed by atoms with Crippen molar-refractivity contribution < 1.29 is 23.9 Å². The number of carbonyl (C=O) groups is 3. The van der Waals surface area contributed by atoms with Crippen LogP contribution in [0.4, 0.5) is 5.69 Å². The molecule has 2 N–H and O–H groups in total. The van der Waals surface area contributed by atoms with Crippen LogP contribution < -0.4 is 15.4 Å². The fourth-order valence-electron chi connectivity index (χ4n) is 3.73. The number of methoxy groups -OCH3 is 1. The summed E-state index contributed by atoms with van der Waals surface area (Å²) in [6.45, 7) is 3.99. The first-order chi connectivity index (χ1) is 17.2. The molecule has 11 heteroatoms. The quantitative estimate of drug-likeness (QED) is 0.359. The Bertz CT molecular complexity index is 1270. The van der Waals surface area contributed by atoms with Crippen molar-refractivity contribution in [2.75, 3.05) is 24.8 Å². The summed E-state index contributed by atoms with van der Waals surface area (Å²) in [5, 5.41) is 16.4. The van der Waals surface area contributed by atoms with Crippen molar-refractivity contribution in [3.8, 4) is 11.8 Å². The highest BCUT2D eigenvalue weighted by atomic mass is 35.5. The van der Waals surface area contributed by atoms with Crippen molar-refractivity contribution in [3.63, 3.8) is 0 Å². The number of halogens is 2. The highest BCUT2D eigenvalue weighted by molar-refractivity contribution is 8.03. The number of ether oxygens (including phenoxy) is 2. The summed E-state index contributed by atoms with van der Waals surface area (Å²) in [7, 11) is 1.17. The summed E-state index contributed by atoms with van der Waals surface area (Å²) in [6.07, 6.45) is 0. The SMILES string of the molecule is CCOc1ccc([C@@H]2C(C#N)=C(SCC(=O)Nc3cccc(Cl)c3C)NC(=O)[C@H]2C(=O)OC)cc1Cl. The third kappa shape index (κ3) is 5.95. The number of hydrogen-bond acceptors (Lipinski definition) is 7. The molecular weight excluding hydrogens is 525 g/mol. The van der Waals surface area contributed by atoms with Gasteiger partial charge in [0, 0.05) is 16.6 Å². The molecule has 0 aliphatic carbocycles. The zero-order chi connectivity index (χ0) is 26.4. The average molecular weight is 548 g/mol.